The van der Waals surface area contributed by atoms with Gasteiger partial charge in [-0.25, -0.2) is 4.79 Å². The van der Waals surface area contributed by atoms with Crippen molar-refractivity contribution in [3.8, 4) is 0 Å². The number of esters is 1. The SMILES string of the molecule is COC(=O)C(C)(NCCc1cccs1)c1ccccc1. The number of hydrogen-bond acceptors (Lipinski definition) is 4. The molecule has 1 N–H and O–H groups in total. The van der Waals surface area contributed by atoms with Crippen molar-refractivity contribution in [3.05, 3.63) is 58.3 Å². The van der Waals surface area contributed by atoms with Crippen molar-refractivity contribution in [3.63, 3.8) is 0 Å². The average Bonchev–Trinajstić information content (AvgIpc) is 3.00. The van der Waals surface area contributed by atoms with E-state index in [0.29, 0.717) is 0 Å². The second-order valence-electron chi connectivity index (χ2n) is 4.74. The van der Waals surface area contributed by atoms with Gasteiger partial charge in [0.05, 0.1) is 7.11 Å². The summed E-state index contributed by atoms with van der Waals surface area (Å²) >= 11 is 1.73. The quantitative estimate of drug-likeness (QED) is 0.831. The number of rotatable bonds is 6. The molecule has 2 rings (SSSR count). The molecule has 0 radical (unpaired) electrons. The van der Waals surface area contributed by atoms with E-state index in [1.165, 1.54) is 12.0 Å². The Hall–Kier alpha value is -1.65. The summed E-state index contributed by atoms with van der Waals surface area (Å²) in [7, 11) is 1.42. The first-order valence-corrected chi connectivity index (χ1v) is 7.46. The molecular weight excluding hydrogens is 270 g/mol. The predicted molar refractivity (Wildman–Crippen MR) is 81.8 cm³/mol. The minimum atomic E-state index is -0.812. The molecule has 0 fully saturated rings. The number of carbonyl (C=O) groups excluding carboxylic acids is 1. The van der Waals surface area contributed by atoms with Gasteiger partial charge in [-0.1, -0.05) is 36.4 Å². The third-order valence-corrected chi connectivity index (χ3v) is 4.31. The maximum Gasteiger partial charge on any atom is 0.330 e. The molecule has 0 saturated heterocycles. The topological polar surface area (TPSA) is 38.3 Å². The van der Waals surface area contributed by atoms with Crippen molar-refractivity contribution in [2.45, 2.75) is 18.9 Å². The lowest BCUT2D eigenvalue weighted by Gasteiger charge is -2.28. The number of hydrogen-bond donors (Lipinski definition) is 1. The summed E-state index contributed by atoms with van der Waals surface area (Å²) in [6.07, 6.45) is 0.900. The first-order valence-electron chi connectivity index (χ1n) is 6.58. The van der Waals surface area contributed by atoms with Gasteiger partial charge >= 0.3 is 5.97 Å². The number of nitrogens with one attached hydrogen (secondary N) is 1. The largest absolute Gasteiger partial charge is 0.467 e. The van der Waals surface area contributed by atoms with Crippen LogP contribution in [0.5, 0.6) is 0 Å². The zero-order valence-electron chi connectivity index (χ0n) is 11.8. The molecule has 106 valence electrons. The number of ether oxygens (including phenoxy) is 1. The maximum atomic E-state index is 12.1. The molecule has 0 amide bonds. The van der Waals surface area contributed by atoms with Crippen LogP contribution in [0.25, 0.3) is 0 Å². The second kappa shape index (κ2) is 6.68. The molecule has 1 unspecified atom stereocenters. The van der Waals surface area contributed by atoms with Crippen LogP contribution in [0.1, 0.15) is 17.4 Å². The zero-order chi connectivity index (χ0) is 14.4. The molecular formula is C16H19NO2S. The van der Waals surface area contributed by atoms with E-state index in [1.54, 1.807) is 11.3 Å². The number of methoxy groups -OCH3 is 1. The first-order chi connectivity index (χ1) is 9.66. The second-order valence-corrected chi connectivity index (χ2v) is 5.77. The summed E-state index contributed by atoms with van der Waals surface area (Å²) in [5.41, 5.74) is 0.103. The smallest absolute Gasteiger partial charge is 0.330 e. The standard InChI is InChI=1S/C16H19NO2S/c1-16(15(18)19-2,13-7-4-3-5-8-13)17-11-10-14-9-6-12-20-14/h3-9,12,17H,10-11H2,1-2H3. The molecule has 0 aliphatic rings. The van der Waals surface area contributed by atoms with E-state index < -0.39 is 5.54 Å². The van der Waals surface area contributed by atoms with Gasteiger partial charge in [0.2, 0.25) is 0 Å². The Morgan fingerprint density at radius 2 is 2.00 bits per heavy atom. The van der Waals surface area contributed by atoms with Gasteiger partial charge in [0.1, 0.15) is 5.54 Å². The van der Waals surface area contributed by atoms with Gasteiger partial charge in [0.25, 0.3) is 0 Å². The predicted octanol–water partition coefficient (Wildman–Crippen LogP) is 2.97. The van der Waals surface area contributed by atoms with Crippen LogP contribution in [0, 0.1) is 0 Å². The fraction of sp³-hybridized carbons (Fsp3) is 0.312. The van der Waals surface area contributed by atoms with Gasteiger partial charge in [-0.05, 0) is 30.4 Å². The molecule has 0 spiro atoms. The Labute approximate surface area is 123 Å². The monoisotopic (exact) mass is 289 g/mol. The molecule has 0 bridgehead atoms. The highest BCUT2D eigenvalue weighted by Gasteiger charge is 2.35. The van der Waals surface area contributed by atoms with E-state index in [1.807, 2.05) is 43.3 Å². The van der Waals surface area contributed by atoms with Crippen molar-refractivity contribution < 1.29 is 9.53 Å². The average molecular weight is 289 g/mol. The summed E-state index contributed by atoms with van der Waals surface area (Å²) in [6, 6.07) is 13.8. The minimum Gasteiger partial charge on any atom is -0.467 e. The highest BCUT2D eigenvalue weighted by molar-refractivity contribution is 7.09. The zero-order valence-corrected chi connectivity index (χ0v) is 12.6. The lowest BCUT2D eigenvalue weighted by molar-refractivity contribution is -0.148. The van der Waals surface area contributed by atoms with Crippen LogP contribution < -0.4 is 5.32 Å². The third-order valence-electron chi connectivity index (χ3n) is 3.37. The molecule has 20 heavy (non-hydrogen) atoms. The van der Waals surface area contributed by atoms with Gasteiger partial charge in [0.15, 0.2) is 0 Å². The molecule has 4 heteroatoms. The van der Waals surface area contributed by atoms with Crippen LogP contribution in [-0.2, 0) is 21.5 Å². The molecule has 0 aliphatic heterocycles. The molecule has 1 aromatic carbocycles. The van der Waals surface area contributed by atoms with Crippen molar-refractivity contribution >= 4 is 17.3 Å². The van der Waals surface area contributed by atoms with Gasteiger partial charge in [-0.15, -0.1) is 11.3 Å². The van der Waals surface area contributed by atoms with E-state index in [0.717, 1.165) is 18.5 Å². The maximum absolute atomic E-state index is 12.1. The van der Waals surface area contributed by atoms with Crippen LogP contribution in [0.2, 0.25) is 0 Å². The van der Waals surface area contributed by atoms with Crippen LogP contribution in [0.15, 0.2) is 47.8 Å². The summed E-state index contributed by atoms with van der Waals surface area (Å²) in [5, 5.41) is 5.40. The third kappa shape index (κ3) is 3.26. The molecule has 1 heterocycles. The Morgan fingerprint density at radius 3 is 2.60 bits per heavy atom. The summed E-state index contributed by atoms with van der Waals surface area (Å²) < 4.78 is 4.96. The van der Waals surface area contributed by atoms with Crippen LogP contribution >= 0.6 is 11.3 Å². The lowest BCUT2D eigenvalue weighted by atomic mass is 9.92. The number of carbonyl (C=O) groups is 1. The van der Waals surface area contributed by atoms with Gasteiger partial charge < -0.3 is 4.74 Å². The van der Waals surface area contributed by atoms with Crippen molar-refractivity contribution in [2.24, 2.45) is 0 Å². The van der Waals surface area contributed by atoms with Crippen LogP contribution in [0.4, 0.5) is 0 Å². The van der Waals surface area contributed by atoms with Crippen molar-refractivity contribution in [1.82, 2.24) is 5.32 Å². The van der Waals surface area contributed by atoms with Crippen molar-refractivity contribution in [2.75, 3.05) is 13.7 Å². The Balaban J connectivity index is 2.09. The highest BCUT2D eigenvalue weighted by Crippen LogP contribution is 2.22. The fourth-order valence-electron chi connectivity index (χ4n) is 2.16. The molecule has 0 saturated carbocycles. The van der Waals surface area contributed by atoms with E-state index in [-0.39, 0.29) is 5.97 Å². The Bertz CT molecular complexity index is 539. The molecule has 1 atom stereocenters. The molecule has 3 nitrogen and oxygen atoms in total. The fourth-order valence-corrected chi connectivity index (χ4v) is 2.87. The van der Waals surface area contributed by atoms with Crippen LogP contribution in [-0.4, -0.2) is 19.6 Å². The molecule has 0 aliphatic carbocycles. The summed E-state index contributed by atoms with van der Waals surface area (Å²) in [4.78, 5) is 13.4. The van der Waals surface area contributed by atoms with Crippen molar-refractivity contribution in [1.29, 1.82) is 0 Å². The molecule has 1 aromatic heterocycles. The van der Waals surface area contributed by atoms with Gasteiger partial charge in [-0.3, -0.25) is 5.32 Å². The van der Waals surface area contributed by atoms with E-state index in [4.69, 9.17) is 4.74 Å². The van der Waals surface area contributed by atoms with Crippen LogP contribution in [0.3, 0.4) is 0 Å². The normalized spacial score (nSPS) is 13.7. The lowest BCUT2D eigenvalue weighted by Crippen LogP contribution is -2.48. The summed E-state index contributed by atoms with van der Waals surface area (Å²) in [6.45, 7) is 2.59. The van der Waals surface area contributed by atoms with E-state index in [2.05, 4.69) is 16.8 Å². The minimum absolute atomic E-state index is 0.269. The van der Waals surface area contributed by atoms with E-state index in [9.17, 15) is 4.79 Å². The van der Waals surface area contributed by atoms with Gasteiger partial charge in [0, 0.05) is 11.4 Å². The van der Waals surface area contributed by atoms with Gasteiger partial charge in [-0.2, -0.15) is 0 Å². The first kappa shape index (κ1) is 14.8. The summed E-state index contributed by atoms with van der Waals surface area (Å²) in [5.74, 6) is -0.269. The number of thiophene rings is 1. The molecule has 2 aromatic rings. The number of benzene rings is 1. The highest BCUT2D eigenvalue weighted by atomic mass is 32.1. The Morgan fingerprint density at radius 1 is 1.25 bits per heavy atom. The Kier molecular flexibility index (Phi) is 4.93. The van der Waals surface area contributed by atoms with E-state index >= 15 is 0 Å².